The second kappa shape index (κ2) is 5.54. The van der Waals surface area contributed by atoms with Crippen LogP contribution in [0.1, 0.15) is 26.2 Å². The smallest absolute Gasteiger partial charge is 0.253 e. The minimum Gasteiger partial charge on any atom is -0.393 e. The number of rotatable bonds is 5. The highest BCUT2D eigenvalue weighted by molar-refractivity contribution is 4.81. The molecule has 1 aromatic heterocycles. The maximum atomic E-state index is 11.2. The number of hydrogen-bond acceptors (Lipinski definition) is 3. The third-order valence-electron chi connectivity index (χ3n) is 2.06. The van der Waals surface area contributed by atoms with Crippen LogP contribution < -0.4 is 5.56 Å². The van der Waals surface area contributed by atoms with Crippen LogP contribution in [-0.4, -0.2) is 20.8 Å². The van der Waals surface area contributed by atoms with Crippen LogP contribution in [0.15, 0.2) is 23.4 Å². The van der Waals surface area contributed by atoms with E-state index in [1.807, 2.05) is 0 Å². The maximum absolute atomic E-state index is 11.2. The van der Waals surface area contributed by atoms with E-state index < -0.39 is 0 Å². The molecule has 1 rings (SSSR count). The Bertz CT molecular complexity index is 320. The molecule has 14 heavy (non-hydrogen) atoms. The zero-order chi connectivity index (χ0) is 10.4. The summed E-state index contributed by atoms with van der Waals surface area (Å²) in [5.41, 5.74) is -0.0166. The van der Waals surface area contributed by atoms with Gasteiger partial charge >= 0.3 is 0 Å². The first-order valence-corrected chi connectivity index (χ1v) is 4.88. The van der Waals surface area contributed by atoms with Gasteiger partial charge in [0.25, 0.3) is 5.56 Å². The predicted molar refractivity (Wildman–Crippen MR) is 54.0 cm³/mol. The van der Waals surface area contributed by atoms with Crippen molar-refractivity contribution >= 4 is 0 Å². The lowest BCUT2D eigenvalue weighted by molar-refractivity contribution is 0.180. The molecule has 0 fully saturated rings. The van der Waals surface area contributed by atoms with Gasteiger partial charge in [-0.2, -0.15) is 0 Å². The number of hydrogen-bond donors (Lipinski definition) is 1. The Morgan fingerprint density at radius 3 is 3.00 bits per heavy atom. The van der Waals surface area contributed by atoms with Gasteiger partial charge in [0.1, 0.15) is 0 Å². The van der Waals surface area contributed by atoms with E-state index in [0.717, 1.165) is 19.3 Å². The zero-order valence-corrected chi connectivity index (χ0v) is 8.39. The van der Waals surface area contributed by atoms with Gasteiger partial charge in [-0.1, -0.05) is 0 Å². The predicted octanol–water partition coefficient (Wildman–Crippen LogP) is 0.794. The standard InChI is InChI=1S/C10H16N2O2/c1-9(13)4-2-3-7-12-8-11-6-5-10(12)14/h5-6,8-9,13H,2-4,7H2,1H3. The Morgan fingerprint density at radius 2 is 2.36 bits per heavy atom. The van der Waals surface area contributed by atoms with Crippen molar-refractivity contribution in [1.82, 2.24) is 9.55 Å². The summed E-state index contributed by atoms with van der Waals surface area (Å²) in [5.74, 6) is 0. The van der Waals surface area contributed by atoms with Gasteiger partial charge < -0.3 is 5.11 Å². The van der Waals surface area contributed by atoms with Crippen LogP contribution in [0.3, 0.4) is 0 Å². The highest BCUT2D eigenvalue weighted by atomic mass is 16.3. The van der Waals surface area contributed by atoms with E-state index in [1.54, 1.807) is 17.8 Å². The Labute approximate surface area is 83.2 Å². The summed E-state index contributed by atoms with van der Waals surface area (Å²) in [4.78, 5) is 15.1. The van der Waals surface area contributed by atoms with Crippen LogP contribution in [0.4, 0.5) is 0 Å². The molecule has 0 aliphatic heterocycles. The fraction of sp³-hybridized carbons (Fsp3) is 0.600. The Kier molecular flexibility index (Phi) is 4.32. The Morgan fingerprint density at radius 1 is 1.57 bits per heavy atom. The van der Waals surface area contributed by atoms with E-state index in [2.05, 4.69) is 4.98 Å². The highest BCUT2D eigenvalue weighted by Gasteiger charge is 1.97. The molecule has 1 N–H and O–H groups in total. The quantitative estimate of drug-likeness (QED) is 0.708. The summed E-state index contributed by atoms with van der Waals surface area (Å²) in [6.07, 6.45) is 5.41. The molecular formula is C10H16N2O2. The van der Waals surface area contributed by atoms with Crippen molar-refractivity contribution in [1.29, 1.82) is 0 Å². The van der Waals surface area contributed by atoms with Gasteiger partial charge in [-0.15, -0.1) is 0 Å². The number of aryl methyl sites for hydroxylation is 1. The van der Waals surface area contributed by atoms with E-state index in [9.17, 15) is 4.79 Å². The van der Waals surface area contributed by atoms with Crippen molar-refractivity contribution < 1.29 is 5.11 Å². The van der Waals surface area contributed by atoms with Crippen molar-refractivity contribution in [2.24, 2.45) is 0 Å². The second-order valence-corrected chi connectivity index (χ2v) is 3.46. The van der Waals surface area contributed by atoms with Crippen LogP contribution in [0.5, 0.6) is 0 Å². The highest BCUT2D eigenvalue weighted by Crippen LogP contribution is 2.00. The molecular weight excluding hydrogens is 180 g/mol. The number of aromatic nitrogens is 2. The summed E-state index contributed by atoms with van der Waals surface area (Å²) in [7, 11) is 0. The fourth-order valence-corrected chi connectivity index (χ4v) is 1.27. The lowest BCUT2D eigenvalue weighted by Crippen LogP contribution is -2.18. The molecule has 1 aromatic rings. The summed E-state index contributed by atoms with van der Waals surface area (Å²) >= 11 is 0. The van der Waals surface area contributed by atoms with Crippen molar-refractivity contribution in [2.45, 2.75) is 38.8 Å². The number of aliphatic hydroxyl groups excluding tert-OH is 1. The first-order valence-electron chi connectivity index (χ1n) is 4.88. The topological polar surface area (TPSA) is 55.1 Å². The third-order valence-corrected chi connectivity index (χ3v) is 2.06. The average Bonchev–Trinajstić information content (AvgIpc) is 2.15. The minimum atomic E-state index is -0.249. The van der Waals surface area contributed by atoms with Crippen LogP contribution in [0.25, 0.3) is 0 Å². The first-order chi connectivity index (χ1) is 6.70. The molecule has 0 amide bonds. The van der Waals surface area contributed by atoms with Crippen molar-refractivity contribution in [3.8, 4) is 0 Å². The molecule has 0 saturated heterocycles. The van der Waals surface area contributed by atoms with Crippen LogP contribution >= 0.6 is 0 Å². The molecule has 0 aromatic carbocycles. The van der Waals surface area contributed by atoms with E-state index in [4.69, 9.17) is 5.11 Å². The zero-order valence-electron chi connectivity index (χ0n) is 8.39. The average molecular weight is 196 g/mol. The van der Waals surface area contributed by atoms with Crippen LogP contribution in [0, 0.1) is 0 Å². The molecule has 4 heteroatoms. The van der Waals surface area contributed by atoms with Gasteiger partial charge in [0, 0.05) is 18.8 Å². The van der Waals surface area contributed by atoms with E-state index in [0.29, 0.717) is 6.54 Å². The summed E-state index contributed by atoms with van der Waals surface area (Å²) < 4.78 is 1.59. The minimum absolute atomic E-state index is 0.0166. The monoisotopic (exact) mass is 196 g/mol. The van der Waals surface area contributed by atoms with Gasteiger partial charge in [0.15, 0.2) is 0 Å². The third kappa shape index (κ3) is 3.70. The van der Waals surface area contributed by atoms with E-state index in [1.165, 1.54) is 12.3 Å². The summed E-state index contributed by atoms with van der Waals surface area (Å²) in [5, 5.41) is 9.02. The molecule has 0 radical (unpaired) electrons. The van der Waals surface area contributed by atoms with Crippen molar-refractivity contribution in [2.75, 3.05) is 0 Å². The van der Waals surface area contributed by atoms with Gasteiger partial charge in [0.05, 0.1) is 12.4 Å². The SMILES string of the molecule is CC(O)CCCCn1cnccc1=O. The van der Waals surface area contributed by atoms with Crippen molar-refractivity contribution in [3.05, 3.63) is 28.9 Å². The van der Waals surface area contributed by atoms with Crippen LogP contribution in [-0.2, 0) is 6.54 Å². The van der Waals surface area contributed by atoms with Gasteiger partial charge in [-0.25, -0.2) is 4.98 Å². The molecule has 78 valence electrons. The molecule has 0 aliphatic rings. The van der Waals surface area contributed by atoms with Crippen LogP contribution in [0.2, 0.25) is 0 Å². The van der Waals surface area contributed by atoms with Crippen molar-refractivity contribution in [3.63, 3.8) is 0 Å². The molecule has 0 bridgehead atoms. The van der Waals surface area contributed by atoms with Gasteiger partial charge in [-0.05, 0) is 26.2 Å². The Hall–Kier alpha value is -1.16. The maximum Gasteiger partial charge on any atom is 0.253 e. The molecule has 0 aliphatic carbocycles. The molecule has 0 saturated carbocycles. The lowest BCUT2D eigenvalue weighted by atomic mass is 10.2. The number of nitrogens with zero attached hydrogens (tertiary/aromatic N) is 2. The summed E-state index contributed by atoms with van der Waals surface area (Å²) in [6, 6.07) is 1.45. The van der Waals surface area contributed by atoms with Gasteiger partial charge in [-0.3, -0.25) is 9.36 Å². The molecule has 4 nitrogen and oxygen atoms in total. The normalized spacial score (nSPS) is 12.7. The molecule has 1 atom stereocenters. The lowest BCUT2D eigenvalue weighted by Gasteiger charge is -2.05. The number of unbranched alkanes of at least 4 members (excludes halogenated alkanes) is 1. The largest absolute Gasteiger partial charge is 0.393 e. The first kappa shape index (κ1) is 10.9. The Balaban J connectivity index is 2.32. The second-order valence-electron chi connectivity index (χ2n) is 3.46. The molecule has 0 spiro atoms. The number of aliphatic hydroxyl groups is 1. The van der Waals surface area contributed by atoms with E-state index in [-0.39, 0.29) is 11.7 Å². The van der Waals surface area contributed by atoms with Gasteiger partial charge in [0.2, 0.25) is 0 Å². The molecule has 1 unspecified atom stereocenters. The molecule has 1 heterocycles. The fourth-order valence-electron chi connectivity index (χ4n) is 1.27. The van der Waals surface area contributed by atoms with E-state index >= 15 is 0 Å². The summed E-state index contributed by atoms with van der Waals surface area (Å²) in [6.45, 7) is 2.45.